The van der Waals surface area contributed by atoms with Gasteiger partial charge in [-0.25, -0.2) is 13.1 Å². The molecule has 0 amide bonds. The predicted octanol–water partition coefficient (Wildman–Crippen LogP) is 2.36. The second-order valence-electron chi connectivity index (χ2n) is 5.88. The van der Waals surface area contributed by atoms with Gasteiger partial charge in [-0.3, -0.25) is 9.98 Å². The van der Waals surface area contributed by atoms with Crippen LogP contribution in [0.4, 0.5) is 0 Å². The van der Waals surface area contributed by atoms with Crippen molar-refractivity contribution in [2.75, 3.05) is 26.7 Å². The lowest BCUT2D eigenvalue weighted by molar-refractivity contribution is 0.444. The Balaban J connectivity index is 0.00000625. The van der Waals surface area contributed by atoms with E-state index >= 15 is 0 Å². The summed E-state index contributed by atoms with van der Waals surface area (Å²) in [7, 11) is -1.81. The van der Waals surface area contributed by atoms with E-state index in [1.54, 1.807) is 19.3 Å². The molecule has 0 aliphatic rings. The monoisotopic (exact) mass is 497 g/mol. The molecule has 0 aliphatic carbocycles. The first-order valence-electron chi connectivity index (χ1n) is 8.87. The van der Waals surface area contributed by atoms with Gasteiger partial charge in [0.25, 0.3) is 0 Å². The van der Waals surface area contributed by atoms with E-state index in [-0.39, 0.29) is 35.4 Å². The van der Waals surface area contributed by atoms with Crippen LogP contribution in [0.3, 0.4) is 0 Å². The molecular formula is C17H32IN5O2S. The Hall–Kier alpha value is -0.940. The minimum atomic E-state index is -3.52. The Morgan fingerprint density at radius 2 is 2.04 bits per heavy atom. The first-order chi connectivity index (χ1) is 12.0. The van der Waals surface area contributed by atoms with Crippen LogP contribution in [0.25, 0.3) is 0 Å². The molecule has 1 heterocycles. The van der Waals surface area contributed by atoms with Gasteiger partial charge in [0.2, 0.25) is 10.0 Å². The number of nitrogens with one attached hydrogen (secondary N) is 3. The van der Waals surface area contributed by atoms with Crippen molar-refractivity contribution in [3.8, 4) is 0 Å². The van der Waals surface area contributed by atoms with Crippen LogP contribution in [0.2, 0.25) is 0 Å². The second-order valence-corrected chi connectivity index (χ2v) is 7.65. The average Bonchev–Trinajstić information content (AvgIpc) is 2.64. The third kappa shape index (κ3) is 9.67. The normalized spacial score (nSPS) is 13.0. The van der Waals surface area contributed by atoms with Crippen molar-refractivity contribution in [2.24, 2.45) is 10.9 Å². The van der Waals surface area contributed by atoms with Gasteiger partial charge in [0, 0.05) is 39.1 Å². The first kappa shape index (κ1) is 25.1. The number of hydrogen-bond donors (Lipinski definition) is 3. The van der Waals surface area contributed by atoms with Crippen LogP contribution in [0.15, 0.2) is 34.4 Å². The quantitative estimate of drug-likeness (QED) is 0.189. The minimum absolute atomic E-state index is 0. The fourth-order valence-corrected chi connectivity index (χ4v) is 3.36. The maximum Gasteiger partial charge on any atom is 0.242 e. The molecule has 0 bridgehead atoms. The topological polar surface area (TPSA) is 95.5 Å². The summed E-state index contributed by atoms with van der Waals surface area (Å²) in [6, 6.07) is 3.12. The molecule has 0 aliphatic heterocycles. The highest BCUT2D eigenvalue weighted by molar-refractivity contribution is 14.0. The summed E-state index contributed by atoms with van der Waals surface area (Å²) in [6.07, 6.45) is 7.66. The number of nitrogens with zero attached hydrogens (tertiary/aromatic N) is 2. The second kappa shape index (κ2) is 14.2. The summed E-state index contributed by atoms with van der Waals surface area (Å²) >= 11 is 0. The van der Waals surface area contributed by atoms with Crippen LogP contribution in [0.1, 0.15) is 39.5 Å². The summed E-state index contributed by atoms with van der Waals surface area (Å²) in [6.45, 7) is 5.99. The third-order valence-electron chi connectivity index (χ3n) is 3.98. The molecule has 1 aromatic rings. The number of aliphatic imine (C=N–C) groups is 1. The maximum atomic E-state index is 12.1. The van der Waals surface area contributed by atoms with E-state index in [0.29, 0.717) is 18.4 Å². The van der Waals surface area contributed by atoms with Crippen LogP contribution < -0.4 is 15.4 Å². The van der Waals surface area contributed by atoms with E-state index < -0.39 is 10.0 Å². The number of aromatic nitrogens is 1. The van der Waals surface area contributed by atoms with Crippen LogP contribution in [-0.4, -0.2) is 46.0 Å². The van der Waals surface area contributed by atoms with E-state index in [1.807, 2.05) is 0 Å². The number of rotatable bonds is 11. The van der Waals surface area contributed by atoms with Crippen molar-refractivity contribution >= 4 is 40.0 Å². The number of hydrogen-bond acceptors (Lipinski definition) is 4. The molecule has 0 fully saturated rings. The molecule has 0 spiro atoms. The maximum absolute atomic E-state index is 12.1. The standard InChI is InChI=1S/C17H31N5O2S.HI/c1-4-6-8-15(5-2)13-21-17(18-3)20-11-12-22-25(23,24)16-9-7-10-19-14-16;/h7,9-10,14-15,22H,4-6,8,11-13H2,1-3H3,(H2,18,20,21);1H. The molecule has 1 unspecified atom stereocenters. The largest absolute Gasteiger partial charge is 0.356 e. The van der Waals surface area contributed by atoms with Crippen LogP contribution in [0, 0.1) is 5.92 Å². The fraction of sp³-hybridized carbons (Fsp3) is 0.647. The number of unbranched alkanes of at least 4 members (excludes halogenated alkanes) is 1. The molecule has 1 rings (SSSR count). The number of sulfonamides is 1. The Bertz CT molecular complexity index is 611. The Morgan fingerprint density at radius 3 is 2.62 bits per heavy atom. The van der Waals surface area contributed by atoms with Crippen molar-refractivity contribution in [3.05, 3.63) is 24.5 Å². The highest BCUT2D eigenvalue weighted by atomic mass is 127. The SMILES string of the molecule is CCCCC(CC)CNC(=NC)NCCNS(=O)(=O)c1cccnc1.I. The highest BCUT2D eigenvalue weighted by Crippen LogP contribution is 2.11. The van der Waals surface area contributed by atoms with Gasteiger partial charge in [-0.1, -0.05) is 33.1 Å². The summed E-state index contributed by atoms with van der Waals surface area (Å²) in [4.78, 5) is 8.17. The van der Waals surface area contributed by atoms with Gasteiger partial charge in [0.15, 0.2) is 5.96 Å². The zero-order chi connectivity index (χ0) is 18.5. The van der Waals surface area contributed by atoms with Crippen LogP contribution in [-0.2, 0) is 10.0 Å². The Labute approximate surface area is 174 Å². The zero-order valence-corrected chi connectivity index (χ0v) is 19.0. The van der Waals surface area contributed by atoms with Crippen molar-refractivity contribution in [2.45, 2.75) is 44.4 Å². The summed E-state index contributed by atoms with van der Waals surface area (Å²) < 4.78 is 26.7. The summed E-state index contributed by atoms with van der Waals surface area (Å²) in [5.41, 5.74) is 0. The van der Waals surface area contributed by atoms with E-state index in [0.717, 1.165) is 13.0 Å². The number of guanidine groups is 1. The lowest BCUT2D eigenvalue weighted by Crippen LogP contribution is -2.43. The summed E-state index contributed by atoms with van der Waals surface area (Å²) in [5, 5.41) is 6.44. The Kier molecular flexibility index (Phi) is 13.6. The van der Waals surface area contributed by atoms with Gasteiger partial charge in [0.1, 0.15) is 4.90 Å². The van der Waals surface area contributed by atoms with Gasteiger partial charge in [-0.2, -0.15) is 0 Å². The molecule has 0 radical (unpaired) electrons. The van der Waals surface area contributed by atoms with Crippen molar-refractivity contribution in [3.63, 3.8) is 0 Å². The zero-order valence-electron chi connectivity index (χ0n) is 15.9. The van der Waals surface area contributed by atoms with E-state index in [4.69, 9.17) is 0 Å². The Morgan fingerprint density at radius 1 is 1.27 bits per heavy atom. The highest BCUT2D eigenvalue weighted by Gasteiger charge is 2.13. The van der Waals surface area contributed by atoms with Crippen LogP contribution >= 0.6 is 24.0 Å². The molecule has 7 nitrogen and oxygen atoms in total. The summed E-state index contributed by atoms with van der Waals surface area (Å²) in [5.74, 6) is 1.32. The molecule has 26 heavy (non-hydrogen) atoms. The molecule has 3 N–H and O–H groups in total. The van der Waals surface area contributed by atoms with Gasteiger partial charge < -0.3 is 10.6 Å². The smallest absolute Gasteiger partial charge is 0.242 e. The predicted molar refractivity (Wildman–Crippen MR) is 118 cm³/mol. The van der Waals surface area contributed by atoms with E-state index in [2.05, 4.69) is 39.2 Å². The van der Waals surface area contributed by atoms with Crippen molar-refractivity contribution in [1.82, 2.24) is 20.3 Å². The molecule has 1 atom stereocenters. The molecule has 0 aromatic carbocycles. The molecule has 0 saturated heterocycles. The molecular weight excluding hydrogens is 465 g/mol. The lowest BCUT2D eigenvalue weighted by Gasteiger charge is -2.18. The van der Waals surface area contributed by atoms with Crippen LogP contribution in [0.5, 0.6) is 0 Å². The number of halogens is 1. The van der Waals surface area contributed by atoms with E-state index in [1.165, 1.54) is 31.5 Å². The average molecular weight is 497 g/mol. The van der Waals surface area contributed by atoms with Gasteiger partial charge >= 0.3 is 0 Å². The van der Waals surface area contributed by atoms with Gasteiger partial charge in [0.05, 0.1) is 0 Å². The number of pyridine rings is 1. The molecule has 150 valence electrons. The van der Waals surface area contributed by atoms with Crippen molar-refractivity contribution in [1.29, 1.82) is 0 Å². The first-order valence-corrected chi connectivity index (χ1v) is 10.4. The minimum Gasteiger partial charge on any atom is -0.356 e. The lowest BCUT2D eigenvalue weighted by atomic mass is 9.99. The van der Waals surface area contributed by atoms with Crippen molar-refractivity contribution < 1.29 is 8.42 Å². The van der Waals surface area contributed by atoms with Gasteiger partial charge in [-0.15, -0.1) is 24.0 Å². The van der Waals surface area contributed by atoms with Gasteiger partial charge in [-0.05, 0) is 24.5 Å². The molecule has 1 aromatic heterocycles. The van der Waals surface area contributed by atoms with E-state index in [9.17, 15) is 8.42 Å². The third-order valence-corrected chi connectivity index (χ3v) is 5.43. The molecule has 0 saturated carbocycles. The molecule has 9 heteroatoms. The fourth-order valence-electron chi connectivity index (χ4n) is 2.36.